The number of ether oxygens (including phenoxy) is 1. The van der Waals surface area contributed by atoms with E-state index in [1.54, 1.807) is 30.1 Å². The Morgan fingerprint density at radius 3 is 2.45 bits per heavy atom. The van der Waals surface area contributed by atoms with Gasteiger partial charge in [-0.1, -0.05) is 62.8 Å². The van der Waals surface area contributed by atoms with Crippen molar-refractivity contribution < 1.29 is 18.3 Å². The van der Waals surface area contributed by atoms with Crippen LogP contribution < -0.4 is 10.1 Å². The van der Waals surface area contributed by atoms with Crippen molar-refractivity contribution in [2.24, 2.45) is 5.92 Å². The third-order valence-electron chi connectivity index (χ3n) is 8.26. The van der Waals surface area contributed by atoms with Gasteiger partial charge in [0.15, 0.2) is 11.6 Å². The molecule has 2 aliphatic rings. The van der Waals surface area contributed by atoms with Gasteiger partial charge in [0.05, 0.1) is 12.7 Å². The van der Waals surface area contributed by atoms with Crippen LogP contribution >= 0.6 is 0 Å². The lowest BCUT2D eigenvalue weighted by Gasteiger charge is -2.33. The number of para-hydroxylation sites is 1. The van der Waals surface area contributed by atoms with Crippen molar-refractivity contribution in [3.63, 3.8) is 0 Å². The van der Waals surface area contributed by atoms with Gasteiger partial charge < -0.3 is 14.6 Å². The fourth-order valence-corrected chi connectivity index (χ4v) is 6.32. The van der Waals surface area contributed by atoms with Gasteiger partial charge in [0.2, 0.25) is 5.91 Å². The van der Waals surface area contributed by atoms with Crippen LogP contribution in [0.25, 0.3) is 11.4 Å². The molecule has 202 valence electrons. The van der Waals surface area contributed by atoms with E-state index in [2.05, 4.69) is 10.3 Å². The zero-order valence-corrected chi connectivity index (χ0v) is 22.1. The predicted molar refractivity (Wildman–Crippen MR) is 144 cm³/mol. The summed E-state index contributed by atoms with van der Waals surface area (Å²) in [6.07, 6.45) is 14.3. The zero-order chi connectivity index (χ0) is 26.5. The molecule has 1 heterocycles. The Bertz CT molecular complexity index is 1250. The van der Waals surface area contributed by atoms with Crippen LogP contribution in [-0.4, -0.2) is 28.6 Å². The molecule has 2 saturated carbocycles. The highest BCUT2D eigenvalue weighted by molar-refractivity contribution is 5.82. The number of amides is 1. The molecule has 1 aromatic heterocycles. The summed E-state index contributed by atoms with van der Waals surface area (Å²) in [7, 11) is 1.59. The molecule has 5 rings (SSSR count). The number of imidazole rings is 1. The molecule has 38 heavy (non-hydrogen) atoms. The van der Waals surface area contributed by atoms with E-state index < -0.39 is 17.7 Å². The molecule has 3 aromatic rings. The molecular weight excluding hydrogens is 484 g/mol. The van der Waals surface area contributed by atoms with Crippen LogP contribution in [0.15, 0.2) is 48.8 Å². The quantitative estimate of drug-likeness (QED) is 0.347. The van der Waals surface area contributed by atoms with Crippen LogP contribution in [0.1, 0.15) is 81.4 Å². The van der Waals surface area contributed by atoms with Gasteiger partial charge >= 0.3 is 0 Å². The molecule has 1 unspecified atom stereocenters. The van der Waals surface area contributed by atoms with E-state index in [0.29, 0.717) is 23.6 Å². The first-order valence-electron chi connectivity index (χ1n) is 14.0. The Labute approximate surface area is 223 Å². The number of halogens is 2. The van der Waals surface area contributed by atoms with Gasteiger partial charge in [-0.25, -0.2) is 13.8 Å². The number of carbonyl (C=O) groups is 1. The molecule has 2 aliphatic carbocycles. The van der Waals surface area contributed by atoms with Gasteiger partial charge in [0.1, 0.15) is 17.6 Å². The topological polar surface area (TPSA) is 56.2 Å². The molecule has 0 bridgehead atoms. The SMILES string of the molecule is COc1ccccc1Cc1ccc(F)c(F)c1-c1nccn1C(C(=O)NC1CCCCC1)C1CCCCC1. The largest absolute Gasteiger partial charge is 0.496 e. The monoisotopic (exact) mass is 521 g/mol. The smallest absolute Gasteiger partial charge is 0.243 e. The third kappa shape index (κ3) is 5.62. The van der Waals surface area contributed by atoms with Gasteiger partial charge in [-0.2, -0.15) is 0 Å². The summed E-state index contributed by atoms with van der Waals surface area (Å²) in [6.45, 7) is 0. The van der Waals surface area contributed by atoms with E-state index in [0.717, 1.165) is 69.4 Å². The first-order chi connectivity index (χ1) is 18.6. The standard InChI is InChI=1S/C31H37F2N3O2/c1-38-26-15-9-8-12-22(26)20-23-16-17-25(32)28(33)27(23)30-34-18-19-36(30)29(21-10-4-2-5-11-21)31(37)35-24-13-6-3-7-14-24/h8-9,12,15-19,21,24,29H,2-7,10-11,13-14,20H2,1H3,(H,35,37). The molecule has 0 radical (unpaired) electrons. The number of hydrogen-bond acceptors (Lipinski definition) is 3. The fourth-order valence-electron chi connectivity index (χ4n) is 6.32. The third-order valence-corrected chi connectivity index (χ3v) is 8.26. The first kappa shape index (κ1) is 26.4. The highest BCUT2D eigenvalue weighted by Gasteiger charge is 2.35. The number of aromatic nitrogens is 2. The minimum atomic E-state index is -0.945. The molecule has 0 aliphatic heterocycles. The summed E-state index contributed by atoms with van der Waals surface area (Å²) >= 11 is 0. The number of carbonyl (C=O) groups excluding carboxylic acids is 1. The summed E-state index contributed by atoms with van der Waals surface area (Å²) in [5, 5.41) is 3.31. The Morgan fingerprint density at radius 1 is 1.00 bits per heavy atom. The second kappa shape index (κ2) is 12.1. The highest BCUT2D eigenvalue weighted by Crippen LogP contribution is 2.38. The van der Waals surface area contributed by atoms with E-state index in [-0.39, 0.29) is 23.4 Å². The van der Waals surface area contributed by atoms with Gasteiger partial charge in [0.25, 0.3) is 0 Å². The normalized spacial score (nSPS) is 17.8. The summed E-state index contributed by atoms with van der Waals surface area (Å²) in [5.74, 6) is -0.820. The summed E-state index contributed by atoms with van der Waals surface area (Å²) in [6, 6.07) is 9.96. The molecular formula is C31H37F2N3O2. The van der Waals surface area contributed by atoms with Gasteiger partial charge in [-0.15, -0.1) is 0 Å². The molecule has 0 spiro atoms. The van der Waals surface area contributed by atoms with Crippen LogP contribution in [0.4, 0.5) is 8.78 Å². The summed E-state index contributed by atoms with van der Waals surface area (Å²) < 4.78 is 37.6. The number of methoxy groups -OCH3 is 1. The number of hydrogen-bond donors (Lipinski definition) is 1. The van der Waals surface area contributed by atoms with E-state index in [1.165, 1.54) is 6.42 Å². The second-order valence-electron chi connectivity index (χ2n) is 10.7. The van der Waals surface area contributed by atoms with Crippen LogP contribution in [0.5, 0.6) is 5.75 Å². The molecule has 1 atom stereocenters. The van der Waals surface area contributed by atoms with E-state index >= 15 is 4.39 Å². The van der Waals surface area contributed by atoms with Gasteiger partial charge in [-0.3, -0.25) is 4.79 Å². The zero-order valence-electron chi connectivity index (χ0n) is 22.1. The Kier molecular flexibility index (Phi) is 8.40. The van der Waals surface area contributed by atoms with Crippen LogP contribution in [-0.2, 0) is 11.2 Å². The summed E-state index contributed by atoms with van der Waals surface area (Å²) in [5.41, 5.74) is 1.56. The van der Waals surface area contributed by atoms with Gasteiger partial charge in [0, 0.05) is 24.9 Å². The van der Waals surface area contributed by atoms with Crippen LogP contribution in [0, 0.1) is 17.6 Å². The molecule has 0 saturated heterocycles. The average molecular weight is 522 g/mol. The van der Waals surface area contributed by atoms with Crippen molar-refractivity contribution in [3.05, 3.63) is 71.6 Å². The predicted octanol–water partition coefficient (Wildman–Crippen LogP) is 7.00. The van der Waals surface area contributed by atoms with E-state index in [9.17, 15) is 9.18 Å². The Hall–Kier alpha value is -3.22. The lowest BCUT2D eigenvalue weighted by Crippen LogP contribution is -2.43. The lowest BCUT2D eigenvalue weighted by atomic mass is 9.82. The number of nitrogens with one attached hydrogen (secondary N) is 1. The second-order valence-corrected chi connectivity index (χ2v) is 10.7. The summed E-state index contributed by atoms with van der Waals surface area (Å²) in [4.78, 5) is 18.4. The van der Waals surface area contributed by atoms with Crippen molar-refractivity contribution in [2.75, 3.05) is 7.11 Å². The van der Waals surface area contributed by atoms with Crippen molar-refractivity contribution in [1.82, 2.24) is 14.9 Å². The highest BCUT2D eigenvalue weighted by atomic mass is 19.2. The van der Waals surface area contributed by atoms with Crippen molar-refractivity contribution in [3.8, 4) is 17.1 Å². The van der Waals surface area contributed by atoms with E-state index in [4.69, 9.17) is 4.74 Å². The maximum Gasteiger partial charge on any atom is 0.243 e. The minimum Gasteiger partial charge on any atom is -0.496 e. The fraction of sp³-hybridized carbons (Fsp3) is 0.484. The van der Waals surface area contributed by atoms with Crippen molar-refractivity contribution >= 4 is 5.91 Å². The molecule has 1 N–H and O–H groups in total. The Morgan fingerprint density at radius 2 is 1.71 bits per heavy atom. The maximum absolute atomic E-state index is 15.6. The first-order valence-corrected chi connectivity index (χ1v) is 14.0. The van der Waals surface area contributed by atoms with E-state index in [1.807, 2.05) is 24.3 Å². The number of rotatable bonds is 8. The molecule has 2 aromatic carbocycles. The van der Waals surface area contributed by atoms with Crippen molar-refractivity contribution in [2.45, 2.75) is 82.7 Å². The molecule has 5 nitrogen and oxygen atoms in total. The average Bonchev–Trinajstić information content (AvgIpc) is 3.41. The minimum absolute atomic E-state index is 0.0360. The maximum atomic E-state index is 15.6. The van der Waals surface area contributed by atoms with Crippen LogP contribution in [0.3, 0.4) is 0 Å². The Balaban J connectivity index is 1.55. The molecule has 2 fully saturated rings. The van der Waals surface area contributed by atoms with Gasteiger partial charge in [-0.05, 0) is 54.9 Å². The number of nitrogens with zero attached hydrogens (tertiary/aromatic N) is 2. The molecule has 7 heteroatoms. The number of benzene rings is 2. The lowest BCUT2D eigenvalue weighted by molar-refractivity contribution is -0.127. The van der Waals surface area contributed by atoms with Crippen LogP contribution in [0.2, 0.25) is 0 Å². The van der Waals surface area contributed by atoms with Crippen molar-refractivity contribution in [1.29, 1.82) is 0 Å². The molecule has 1 amide bonds.